The van der Waals surface area contributed by atoms with Crippen molar-refractivity contribution >= 4 is 17.5 Å². The molecule has 98 valence electrons. The zero-order valence-electron chi connectivity index (χ0n) is 10.4. The number of rotatable bonds is 3. The van der Waals surface area contributed by atoms with Gasteiger partial charge in [-0.05, 0) is 24.8 Å². The number of amides is 1. The number of ether oxygens (including phenoxy) is 1. The van der Waals surface area contributed by atoms with Crippen molar-refractivity contribution in [1.29, 1.82) is 0 Å². The minimum atomic E-state index is -0.0846. The second kappa shape index (κ2) is 6.16. The summed E-state index contributed by atoms with van der Waals surface area (Å²) in [6.45, 7) is 2.27. The normalized spacial score (nSPS) is 19.6. The standard InChI is InChI=1S/C13H17ClN2O2/c1-16(8-10-3-2-6-18-9-10)13(17)11-7-15-5-4-12(11)14/h4-5,7,10H,2-3,6,8-9H2,1H3. The Morgan fingerprint density at radius 1 is 1.67 bits per heavy atom. The van der Waals surface area contributed by atoms with Crippen LogP contribution in [0.5, 0.6) is 0 Å². The van der Waals surface area contributed by atoms with Crippen molar-refractivity contribution in [3.8, 4) is 0 Å². The zero-order chi connectivity index (χ0) is 13.0. The second-order valence-corrected chi connectivity index (χ2v) is 5.03. The Hall–Kier alpha value is -1.13. The van der Waals surface area contributed by atoms with E-state index in [-0.39, 0.29) is 5.91 Å². The highest BCUT2D eigenvalue weighted by atomic mass is 35.5. The first-order valence-corrected chi connectivity index (χ1v) is 6.49. The molecule has 4 nitrogen and oxygen atoms in total. The fourth-order valence-electron chi connectivity index (χ4n) is 2.16. The molecule has 2 heterocycles. The smallest absolute Gasteiger partial charge is 0.256 e. The van der Waals surface area contributed by atoms with Crippen LogP contribution < -0.4 is 0 Å². The van der Waals surface area contributed by atoms with E-state index in [9.17, 15) is 4.79 Å². The minimum Gasteiger partial charge on any atom is -0.381 e. The van der Waals surface area contributed by atoms with Crippen molar-refractivity contribution in [3.63, 3.8) is 0 Å². The van der Waals surface area contributed by atoms with E-state index < -0.39 is 0 Å². The van der Waals surface area contributed by atoms with Gasteiger partial charge in [-0.15, -0.1) is 0 Å². The van der Waals surface area contributed by atoms with E-state index >= 15 is 0 Å². The molecule has 0 aromatic carbocycles. The second-order valence-electron chi connectivity index (χ2n) is 4.62. The number of pyridine rings is 1. The fourth-order valence-corrected chi connectivity index (χ4v) is 2.35. The minimum absolute atomic E-state index is 0.0846. The molecule has 1 saturated heterocycles. The Bertz CT molecular complexity index is 419. The number of nitrogens with zero attached hydrogens (tertiary/aromatic N) is 2. The Labute approximate surface area is 112 Å². The molecule has 1 aromatic rings. The zero-order valence-corrected chi connectivity index (χ0v) is 11.2. The first kappa shape index (κ1) is 13.3. The average molecular weight is 269 g/mol. The lowest BCUT2D eigenvalue weighted by Crippen LogP contribution is -2.35. The molecule has 1 aliphatic heterocycles. The van der Waals surface area contributed by atoms with Crippen LogP contribution in [-0.2, 0) is 4.74 Å². The maximum absolute atomic E-state index is 12.2. The summed E-state index contributed by atoms with van der Waals surface area (Å²) >= 11 is 5.99. The summed E-state index contributed by atoms with van der Waals surface area (Å²) in [4.78, 5) is 17.8. The number of carbonyl (C=O) groups excluding carboxylic acids is 1. The van der Waals surface area contributed by atoms with Gasteiger partial charge in [0.05, 0.1) is 17.2 Å². The van der Waals surface area contributed by atoms with E-state index in [1.165, 1.54) is 6.20 Å². The molecule has 0 radical (unpaired) electrons. The highest BCUT2D eigenvalue weighted by Crippen LogP contribution is 2.18. The lowest BCUT2D eigenvalue weighted by molar-refractivity contribution is 0.0388. The highest BCUT2D eigenvalue weighted by Gasteiger charge is 2.20. The van der Waals surface area contributed by atoms with Crippen LogP contribution in [0.2, 0.25) is 5.02 Å². The molecule has 18 heavy (non-hydrogen) atoms. The number of carbonyl (C=O) groups is 1. The largest absolute Gasteiger partial charge is 0.381 e. The lowest BCUT2D eigenvalue weighted by Gasteiger charge is -2.27. The van der Waals surface area contributed by atoms with Crippen LogP contribution >= 0.6 is 11.6 Å². The molecule has 5 heteroatoms. The average Bonchev–Trinajstić information content (AvgIpc) is 2.39. The van der Waals surface area contributed by atoms with Gasteiger partial charge in [0.1, 0.15) is 0 Å². The Kier molecular flexibility index (Phi) is 4.55. The summed E-state index contributed by atoms with van der Waals surface area (Å²) in [7, 11) is 1.79. The van der Waals surface area contributed by atoms with Crippen molar-refractivity contribution in [2.24, 2.45) is 5.92 Å². The molecule has 0 bridgehead atoms. The van der Waals surface area contributed by atoms with Crippen LogP contribution in [-0.4, -0.2) is 42.6 Å². The Morgan fingerprint density at radius 3 is 3.17 bits per heavy atom. The van der Waals surface area contributed by atoms with Gasteiger partial charge in [0.2, 0.25) is 0 Å². The van der Waals surface area contributed by atoms with Gasteiger partial charge in [-0.3, -0.25) is 9.78 Å². The van der Waals surface area contributed by atoms with E-state index in [4.69, 9.17) is 16.3 Å². The molecule has 2 rings (SSSR count). The van der Waals surface area contributed by atoms with Gasteiger partial charge in [0, 0.05) is 32.6 Å². The maximum Gasteiger partial charge on any atom is 0.256 e. The van der Waals surface area contributed by atoms with Crippen LogP contribution in [0, 0.1) is 5.92 Å². The van der Waals surface area contributed by atoms with E-state index in [1.54, 1.807) is 24.2 Å². The third-order valence-electron chi connectivity index (χ3n) is 3.13. The first-order valence-electron chi connectivity index (χ1n) is 6.11. The molecular weight excluding hydrogens is 252 g/mol. The molecule has 1 unspecified atom stereocenters. The topological polar surface area (TPSA) is 42.4 Å². The van der Waals surface area contributed by atoms with E-state index in [0.29, 0.717) is 23.0 Å². The van der Waals surface area contributed by atoms with Crippen LogP contribution in [0.25, 0.3) is 0 Å². The third kappa shape index (κ3) is 3.21. The molecule has 0 aliphatic carbocycles. The van der Waals surface area contributed by atoms with Gasteiger partial charge in [-0.1, -0.05) is 11.6 Å². The quantitative estimate of drug-likeness (QED) is 0.844. The molecule has 1 aromatic heterocycles. The first-order chi connectivity index (χ1) is 8.68. The van der Waals surface area contributed by atoms with Crippen LogP contribution in [0.1, 0.15) is 23.2 Å². The maximum atomic E-state index is 12.2. The van der Waals surface area contributed by atoms with Gasteiger partial charge in [0.15, 0.2) is 0 Å². The highest BCUT2D eigenvalue weighted by molar-refractivity contribution is 6.33. The predicted molar refractivity (Wildman–Crippen MR) is 69.8 cm³/mol. The number of aromatic nitrogens is 1. The van der Waals surface area contributed by atoms with Gasteiger partial charge in [0.25, 0.3) is 5.91 Å². The van der Waals surface area contributed by atoms with Gasteiger partial charge < -0.3 is 9.64 Å². The van der Waals surface area contributed by atoms with Crippen LogP contribution in [0.4, 0.5) is 0 Å². The molecule has 0 saturated carbocycles. The van der Waals surface area contributed by atoms with Crippen LogP contribution in [0.3, 0.4) is 0 Å². The van der Waals surface area contributed by atoms with Crippen molar-refractivity contribution in [2.45, 2.75) is 12.8 Å². The summed E-state index contributed by atoms with van der Waals surface area (Å²) in [5.74, 6) is 0.335. The molecule has 1 fully saturated rings. The van der Waals surface area contributed by atoms with Crippen molar-refractivity contribution in [1.82, 2.24) is 9.88 Å². The SMILES string of the molecule is CN(CC1CCCOC1)C(=O)c1cnccc1Cl. The van der Waals surface area contributed by atoms with E-state index in [1.807, 2.05) is 0 Å². The van der Waals surface area contributed by atoms with Crippen molar-refractivity contribution < 1.29 is 9.53 Å². The summed E-state index contributed by atoms with van der Waals surface area (Å²) in [6, 6.07) is 1.63. The number of hydrogen-bond donors (Lipinski definition) is 0. The molecule has 1 atom stereocenters. The molecule has 0 N–H and O–H groups in total. The summed E-state index contributed by atoms with van der Waals surface area (Å²) in [6.07, 6.45) is 5.27. The monoisotopic (exact) mass is 268 g/mol. The third-order valence-corrected chi connectivity index (χ3v) is 3.46. The van der Waals surface area contributed by atoms with Crippen molar-refractivity contribution in [2.75, 3.05) is 26.8 Å². The number of hydrogen-bond acceptors (Lipinski definition) is 3. The van der Waals surface area contributed by atoms with Gasteiger partial charge in [-0.2, -0.15) is 0 Å². The van der Waals surface area contributed by atoms with Gasteiger partial charge in [-0.25, -0.2) is 0 Å². The number of halogens is 1. The molecule has 1 amide bonds. The molecule has 0 spiro atoms. The fraction of sp³-hybridized carbons (Fsp3) is 0.538. The Morgan fingerprint density at radius 2 is 2.50 bits per heavy atom. The van der Waals surface area contributed by atoms with Gasteiger partial charge >= 0.3 is 0 Å². The predicted octanol–water partition coefficient (Wildman–Crippen LogP) is 2.23. The summed E-state index contributed by atoms with van der Waals surface area (Å²) in [5.41, 5.74) is 0.457. The van der Waals surface area contributed by atoms with Crippen molar-refractivity contribution in [3.05, 3.63) is 29.0 Å². The van der Waals surface area contributed by atoms with Crippen LogP contribution in [0.15, 0.2) is 18.5 Å². The van der Waals surface area contributed by atoms with E-state index in [0.717, 1.165) is 26.1 Å². The molecular formula is C13H17ClN2O2. The summed E-state index contributed by atoms with van der Waals surface area (Å²) in [5, 5.41) is 0.446. The lowest BCUT2D eigenvalue weighted by atomic mass is 10.0. The molecule has 1 aliphatic rings. The summed E-state index contributed by atoms with van der Waals surface area (Å²) < 4.78 is 5.42. The Balaban J connectivity index is 1.98. The van der Waals surface area contributed by atoms with E-state index in [2.05, 4.69) is 4.98 Å².